The van der Waals surface area contributed by atoms with Gasteiger partial charge in [0.05, 0.1) is 5.75 Å². The van der Waals surface area contributed by atoms with Gasteiger partial charge in [-0.15, -0.1) is 11.8 Å². The van der Waals surface area contributed by atoms with Crippen LogP contribution in [0.15, 0.2) is 77.3 Å². The van der Waals surface area contributed by atoms with E-state index in [1.54, 1.807) is 23.1 Å². The van der Waals surface area contributed by atoms with Crippen molar-refractivity contribution in [2.45, 2.75) is 51.1 Å². The maximum absolute atomic E-state index is 13.7. The van der Waals surface area contributed by atoms with Crippen LogP contribution in [0.2, 0.25) is 10.0 Å². The van der Waals surface area contributed by atoms with Gasteiger partial charge in [-0.3, -0.25) is 9.59 Å². The Kier molecular flexibility index (Phi) is 10.9. The minimum Gasteiger partial charge on any atom is -0.350 e. The standard InChI is InChI=1S/C29H31BrCl2N2O2S/c1-29(2,3)33-28(36)26(16-20-8-5-4-6-9-20)34(17-21-12-14-22(30)15-13-21)27(35)19-37-18-23-24(31)10-7-11-25(23)32/h4-15,26H,16-19H2,1-3H3,(H,33,36). The molecule has 0 spiro atoms. The first-order valence-electron chi connectivity index (χ1n) is 11.9. The van der Waals surface area contributed by atoms with E-state index < -0.39 is 11.6 Å². The first kappa shape index (κ1) is 29.6. The second-order valence-electron chi connectivity index (χ2n) is 9.79. The molecule has 0 aliphatic rings. The van der Waals surface area contributed by atoms with Gasteiger partial charge in [0.25, 0.3) is 0 Å². The molecule has 0 saturated carbocycles. The van der Waals surface area contributed by atoms with E-state index in [1.807, 2.05) is 75.4 Å². The van der Waals surface area contributed by atoms with E-state index in [0.717, 1.165) is 21.2 Å². The highest BCUT2D eigenvalue weighted by molar-refractivity contribution is 9.10. The van der Waals surface area contributed by atoms with Crippen LogP contribution in [0.3, 0.4) is 0 Å². The normalized spacial score (nSPS) is 12.2. The molecule has 0 bridgehead atoms. The van der Waals surface area contributed by atoms with Crippen molar-refractivity contribution >= 4 is 62.7 Å². The van der Waals surface area contributed by atoms with Gasteiger partial charge in [0.15, 0.2) is 0 Å². The molecule has 3 aromatic rings. The summed E-state index contributed by atoms with van der Waals surface area (Å²) < 4.78 is 0.951. The number of carbonyl (C=O) groups excluding carboxylic acids is 2. The average molecular weight is 622 g/mol. The molecule has 2 amide bonds. The molecule has 196 valence electrons. The molecule has 1 unspecified atom stereocenters. The largest absolute Gasteiger partial charge is 0.350 e. The summed E-state index contributed by atoms with van der Waals surface area (Å²) in [7, 11) is 0. The van der Waals surface area contributed by atoms with E-state index in [1.165, 1.54) is 11.8 Å². The maximum Gasteiger partial charge on any atom is 0.243 e. The summed E-state index contributed by atoms with van der Waals surface area (Å²) in [5.74, 6) is 0.377. The smallest absolute Gasteiger partial charge is 0.243 e. The van der Waals surface area contributed by atoms with Crippen LogP contribution in [0, 0.1) is 0 Å². The molecule has 0 aliphatic heterocycles. The van der Waals surface area contributed by atoms with E-state index in [4.69, 9.17) is 23.2 Å². The van der Waals surface area contributed by atoms with E-state index in [0.29, 0.717) is 28.8 Å². The van der Waals surface area contributed by atoms with Crippen LogP contribution in [0.4, 0.5) is 0 Å². The number of halogens is 3. The Balaban J connectivity index is 1.88. The maximum atomic E-state index is 13.7. The van der Waals surface area contributed by atoms with E-state index in [-0.39, 0.29) is 17.6 Å². The van der Waals surface area contributed by atoms with Gasteiger partial charge in [-0.25, -0.2) is 0 Å². The number of amides is 2. The van der Waals surface area contributed by atoms with Crippen molar-refractivity contribution in [3.63, 3.8) is 0 Å². The fourth-order valence-electron chi connectivity index (χ4n) is 3.79. The van der Waals surface area contributed by atoms with Crippen LogP contribution in [-0.2, 0) is 28.3 Å². The molecule has 4 nitrogen and oxygen atoms in total. The first-order valence-corrected chi connectivity index (χ1v) is 14.6. The Morgan fingerprint density at radius 2 is 1.54 bits per heavy atom. The minimum atomic E-state index is -0.678. The zero-order chi connectivity index (χ0) is 27.0. The van der Waals surface area contributed by atoms with E-state index in [2.05, 4.69) is 21.2 Å². The van der Waals surface area contributed by atoms with Crippen molar-refractivity contribution in [2.75, 3.05) is 5.75 Å². The third kappa shape index (κ3) is 9.36. The highest BCUT2D eigenvalue weighted by Crippen LogP contribution is 2.28. The molecule has 8 heteroatoms. The predicted molar refractivity (Wildman–Crippen MR) is 159 cm³/mol. The number of hydrogen-bond donors (Lipinski definition) is 1. The summed E-state index contributed by atoms with van der Waals surface area (Å²) >= 11 is 17.5. The summed E-state index contributed by atoms with van der Waals surface area (Å²) in [6.07, 6.45) is 0.409. The molecule has 0 radical (unpaired) electrons. The highest BCUT2D eigenvalue weighted by atomic mass is 79.9. The molecule has 0 aliphatic carbocycles. The van der Waals surface area contributed by atoms with Crippen molar-refractivity contribution in [1.82, 2.24) is 10.2 Å². The fraction of sp³-hybridized carbons (Fsp3) is 0.310. The van der Waals surface area contributed by atoms with Gasteiger partial charge in [0.1, 0.15) is 6.04 Å². The lowest BCUT2D eigenvalue weighted by Crippen LogP contribution is -2.54. The number of hydrogen-bond acceptors (Lipinski definition) is 3. The van der Waals surface area contributed by atoms with E-state index in [9.17, 15) is 9.59 Å². The lowest BCUT2D eigenvalue weighted by molar-refractivity contribution is -0.140. The molecule has 1 N–H and O–H groups in total. The van der Waals surface area contributed by atoms with Crippen LogP contribution in [0.1, 0.15) is 37.5 Å². The van der Waals surface area contributed by atoms with Crippen LogP contribution >= 0.6 is 50.9 Å². The van der Waals surface area contributed by atoms with Crippen molar-refractivity contribution in [3.05, 3.63) is 104 Å². The molecule has 3 rings (SSSR count). The molecule has 1 atom stereocenters. The molecule has 0 aromatic heterocycles. The minimum absolute atomic E-state index is 0.124. The lowest BCUT2D eigenvalue weighted by atomic mass is 10.0. The number of nitrogens with one attached hydrogen (secondary N) is 1. The van der Waals surface area contributed by atoms with Crippen LogP contribution < -0.4 is 5.32 Å². The van der Waals surface area contributed by atoms with E-state index >= 15 is 0 Å². The fourth-order valence-corrected chi connectivity index (χ4v) is 5.70. The zero-order valence-corrected chi connectivity index (χ0v) is 25.1. The van der Waals surface area contributed by atoms with Gasteiger partial charge in [0, 0.05) is 38.8 Å². The third-order valence-corrected chi connectivity index (χ3v) is 7.75. The second kappa shape index (κ2) is 13.7. The second-order valence-corrected chi connectivity index (χ2v) is 12.5. The number of nitrogens with zero attached hydrogens (tertiary/aromatic N) is 1. The van der Waals surface area contributed by atoms with Crippen LogP contribution in [0.25, 0.3) is 0 Å². The number of rotatable bonds is 10. The van der Waals surface area contributed by atoms with Gasteiger partial charge >= 0.3 is 0 Å². The lowest BCUT2D eigenvalue weighted by Gasteiger charge is -2.34. The van der Waals surface area contributed by atoms with Gasteiger partial charge in [-0.2, -0.15) is 0 Å². The Morgan fingerprint density at radius 3 is 2.14 bits per heavy atom. The summed E-state index contributed by atoms with van der Waals surface area (Å²) in [5, 5.41) is 4.23. The third-order valence-electron chi connectivity index (χ3n) is 5.57. The van der Waals surface area contributed by atoms with Crippen molar-refractivity contribution in [1.29, 1.82) is 0 Å². The average Bonchev–Trinajstić information content (AvgIpc) is 2.83. The van der Waals surface area contributed by atoms with Crippen molar-refractivity contribution in [3.8, 4) is 0 Å². The first-order chi connectivity index (χ1) is 17.5. The van der Waals surface area contributed by atoms with Crippen molar-refractivity contribution in [2.24, 2.45) is 0 Å². The highest BCUT2D eigenvalue weighted by Gasteiger charge is 2.32. The SMILES string of the molecule is CC(C)(C)NC(=O)C(Cc1ccccc1)N(Cc1ccc(Br)cc1)C(=O)CSCc1c(Cl)cccc1Cl. The summed E-state index contributed by atoms with van der Waals surface area (Å²) in [5.41, 5.74) is 2.29. The topological polar surface area (TPSA) is 49.4 Å². The van der Waals surface area contributed by atoms with Crippen LogP contribution in [-0.4, -0.2) is 34.0 Å². The number of carbonyl (C=O) groups is 2. The Hall–Kier alpha value is -1.99. The molecule has 0 fully saturated rings. The number of thioether (sulfide) groups is 1. The molecule has 0 saturated heterocycles. The molecular formula is C29H31BrCl2N2O2S. The Labute approximate surface area is 242 Å². The Bertz CT molecular complexity index is 1180. The van der Waals surface area contributed by atoms with Gasteiger partial charge < -0.3 is 10.2 Å². The van der Waals surface area contributed by atoms with Crippen molar-refractivity contribution < 1.29 is 9.59 Å². The number of benzene rings is 3. The Morgan fingerprint density at radius 1 is 0.919 bits per heavy atom. The summed E-state index contributed by atoms with van der Waals surface area (Å²) in [6.45, 7) is 6.13. The summed E-state index contributed by atoms with van der Waals surface area (Å²) in [6, 6.07) is 22.3. The molecule has 3 aromatic carbocycles. The predicted octanol–water partition coefficient (Wildman–Crippen LogP) is 7.54. The zero-order valence-electron chi connectivity index (χ0n) is 21.1. The summed E-state index contributed by atoms with van der Waals surface area (Å²) in [4.78, 5) is 29.0. The quantitative estimate of drug-likeness (QED) is 0.254. The molecule has 37 heavy (non-hydrogen) atoms. The monoisotopic (exact) mass is 620 g/mol. The molecule has 0 heterocycles. The van der Waals surface area contributed by atoms with Gasteiger partial charge in [-0.1, -0.05) is 87.7 Å². The van der Waals surface area contributed by atoms with Gasteiger partial charge in [-0.05, 0) is 61.7 Å². The van der Waals surface area contributed by atoms with Gasteiger partial charge in [0.2, 0.25) is 11.8 Å². The molecular weight excluding hydrogens is 591 g/mol. The van der Waals surface area contributed by atoms with Crippen LogP contribution in [0.5, 0.6) is 0 Å².